The number of nitrogens with zero attached hydrogens (tertiary/aromatic N) is 2. The fourth-order valence-electron chi connectivity index (χ4n) is 4.76. The first-order valence-corrected chi connectivity index (χ1v) is 12.6. The highest BCUT2D eigenvalue weighted by Crippen LogP contribution is 2.56. The minimum atomic E-state index is -7.19. The topological polar surface area (TPSA) is 104 Å². The maximum Gasteiger partial charge on any atom is 0.500 e. The number of sulfone groups is 1. The van der Waals surface area contributed by atoms with E-state index in [0.29, 0.717) is 18.6 Å². The summed E-state index contributed by atoms with van der Waals surface area (Å²) >= 11 is 0. The molecule has 14 heteroatoms. The Balaban J connectivity index is 2.13. The molecule has 2 aliphatic rings. The summed E-state index contributed by atoms with van der Waals surface area (Å²) in [7, 11) is -7.19. The zero-order chi connectivity index (χ0) is 28.0. The van der Waals surface area contributed by atoms with Crippen LogP contribution in [0.25, 0.3) is 0 Å². The van der Waals surface area contributed by atoms with E-state index >= 15 is 0 Å². The number of carbonyl (C=O) groups is 1. The van der Waals surface area contributed by atoms with Gasteiger partial charge in [0.15, 0.2) is 0 Å². The van der Waals surface area contributed by atoms with Crippen LogP contribution in [0.15, 0.2) is 58.9 Å². The molecule has 1 aliphatic carbocycles. The number of likely N-dealkylation sites (tertiary alicyclic amines) is 1. The second kappa shape index (κ2) is 9.53. The number of carbonyl (C=O) groups excluding carboxylic acids is 1. The maximum absolute atomic E-state index is 14.0. The summed E-state index contributed by atoms with van der Waals surface area (Å²) in [6, 6.07) is 7.46. The van der Waals surface area contributed by atoms with Crippen LogP contribution in [0.1, 0.15) is 44.6 Å². The number of alkyl halides is 6. The third kappa shape index (κ3) is 4.69. The third-order valence-corrected chi connectivity index (χ3v) is 8.99. The Kier molecular flexibility index (Phi) is 7.43. The zero-order valence-electron chi connectivity index (χ0n) is 19.7. The maximum atomic E-state index is 14.0. The molecule has 3 rings (SSSR count). The van der Waals surface area contributed by atoms with Gasteiger partial charge in [0.25, 0.3) is 14.8 Å². The average Bonchev–Trinajstić information content (AvgIpc) is 3.00. The van der Waals surface area contributed by atoms with Gasteiger partial charge in [-0.1, -0.05) is 54.6 Å². The third-order valence-electron chi connectivity index (χ3n) is 6.91. The fraction of sp³-hybridized carbons (Fsp3) is 0.522. The van der Waals surface area contributed by atoms with Gasteiger partial charge in [0, 0.05) is 11.1 Å². The van der Waals surface area contributed by atoms with E-state index in [1.54, 1.807) is 37.3 Å². The largest absolute Gasteiger partial charge is 0.500 e. The van der Waals surface area contributed by atoms with Crippen LogP contribution in [0.5, 0.6) is 0 Å². The molecule has 1 amide bonds. The number of hydrogen-bond donors (Lipinski definition) is 1. The summed E-state index contributed by atoms with van der Waals surface area (Å²) in [5, 5.41) is 13.4. The first kappa shape index (κ1) is 28.8. The minimum absolute atomic E-state index is 0.0327. The molecule has 0 aromatic heterocycles. The zero-order valence-corrected chi connectivity index (χ0v) is 20.5. The highest BCUT2D eigenvalue weighted by Gasteiger charge is 2.77. The summed E-state index contributed by atoms with van der Waals surface area (Å²) in [5.41, 5.74) is -8.89. The van der Waals surface area contributed by atoms with Crippen LogP contribution >= 0.6 is 0 Å². The van der Waals surface area contributed by atoms with Crippen LogP contribution < -0.4 is 0 Å². The first-order valence-electron chi connectivity index (χ1n) is 11.1. The Morgan fingerprint density at radius 2 is 1.76 bits per heavy atom. The second-order valence-electron chi connectivity index (χ2n) is 9.35. The van der Waals surface area contributed by atoms with Crippen LogP contribution in [0, 0.1) is 10.3 Å². The molecule has 1 aliphatic heterocycles. The number of allylic oxidation sites excluding steroid dienone is 2. The monoisotopic (exact) mass is 554 g/mol. The van der Waals surface area contributed by atoms with Gasteiger partial charge >= 0.3 is 11.7 Å². The number of fused-ring (bicyclic) bond motifs is 1. The SMILES string of the molecule is C[C@H](C(=O)N1C[C@H](N=O)CCC2=CC(C)(C(O)(C(F)(F)F)S(=O)(=O)C(F)(F)F)CC=C21)c1ccccc1. The van der Waals surface area contributed by atoms with Gasteiger partial charge < -0.3 is 10.0 Å². The van der Waals surface area contributed by atoms with Crippen molar-refractivity contribution in [2.24, 2.45) is 10.6 Å². The number of aliphatic hydroxyl groups is 1. The van der Waals surface area contributed by atoms with E-state index in [1.807, 2.05) is 0 Å². The molecule has 1 heterocycles. The molecule has 1 saturated heterocycles. The lowest BCUT2D eigenvalue weighted by Crippen LogP contribution is -2.65. The molecule has 1 aromatic carbocycles. The Morgan fingerprint density at radius 1 is 1.16 bits per heavy atom. The molecule has 1 N–H and O–H groups in total. The number of amides is 1. The van der Waals surface area contributed by atoms with Gasteiger partial charge in [-0.3, -0.25) is 4.79 Å². The minimum Gasteiger partial charge on any atom is -0.367 e. The summed E-state index contributed by atoms with van der Waals surface area (Å²) in [4.78, 5) is 20.7. The highest BCUT2D eigenvalue weighted by atomic mass is 32.2. The van der Waals surface area contributed by atoms with E-state index in [0.717, 1.165) is 11.0 Å². The van der Waals surface area contributed by atoms with Crippen LogP contribution in [0.4, 0.5) is 26.3 Å². The van der Waals surface area contributed by atoms with Gasteiger partial charge in [-0.2, -0.15) is 31.2 Å². The van der Waals surface area contributed by atoms with Gasteiger partial charge in [0.05, 0.1) is 12.5 Å². The molecule has 0 spiro atoms. The van der Waals surface area contributed by atoms with Crippen molar-refractivity contribution in [3.8, 4) is 0 Å². The van der Waals surface area contributed by atoms with E-state index in [-0.39, 0.29) is 30.7 Å². The molecule has 0 radical (unpaired) electrons. The predicted octanol–water partition coefficient (Wildman–Crippen LogP) is 4.95. The first-order chi connectivity index (χ1) is 16.9. The van der Waals surface area contributed by atoms with Crippen LogP contribution in [-0.4, -0.2) is 53.5 Å². The van der Waals surface area contributed by atoms with Crippen molar-refractivity contribution < 1.29 is 44.7 Å². The van der Waals surface area contributed by atoms with Crippen LogP contribution in [0.2, 0.25) is 0 Å². The van der Waals surface area contributed by atoms with Crippen LogP contribution in [-0.2, 0) is 14.6 Å². The normalized spacial score (nSPS) is 25.6. The van der Waals surface area contributed by atoms with Crippen molar-refractivity contribution in [1.82, 2.24) is 4.90 Å². The molecular formula is C23H24F6N2O5S. The lowest BCUT2D eigenvalue weighted by atomic mass is 9.74. The number of nitroso groups, excluding NO2 is 1. The summed E-state index contributed by atoms with van der Waals surface area (Å²) < 4.78 is 106. The molecular weight excluding hydrogens is 530 g/mol. The Labute approximate surface area is 208 Å². The molecule has 1 aromatic rings. The van der Waals surface area contributed by atoms with Crippen LogP contribution in [0.3, 0.4) is 0 Å². The van der Waals surface area contributed by atoms with Crippen molar-refractivity contribution in [2.45, 2.75) is 61.7 Å². The molecule has 2 unspecified atom stereocenters. The summed E-state index contributed by atoms with van der Waals surface area (Å²) in [6.07, 6.45) is -5.86. The van der Waals surface area contributed by atoms with Crippen molar-refractivity contribution in [3.63, 3.8) is 0 Å². The molecule has 1 fully saturated rings. The molecule has 37 heavy (non-hydrogen) atoms. The quantitative estimate of drug-likeness (QED) is 0.410. The number of hydrogen-bond acceptors (Lipinski definition) is 6. The molecule has 0 saturated carbocycles. The lowest BCUT2D eigenvalue weighted by Gasteiger charge is -2.45. The molecule has 4 atom stereocenters. The lowest BCUT2D eigenvalue weighted by molar-refractivity contribution is -0.255. The number of benzene rings is 1. The standard InChI is InChI=1S/C23H24F6N2O5S/c1-14(15-6-4-3-5-7-15)19(32)31-13-17(30-34)9-8-16-12-20(2,11-10-18(16)31)21(33,22(24,25)26)37(35,36)23(27,28)29/h3-7,10,12,14,17,33H,8-9,11,13H2,1-2H3/t14-,17+,20?,21?/m0/s1. The summed E-state index contributed by atoms with van der Waals surface area (Å²) in [5.74, 6) is -1.31. The molecule has 7 nitrogen and oxygen atoms in total. The van der Waals surface area contributed by atoms with Gasteiger partial charge in [-0.25, -0.2) is 8.42 Å². The second-order valence-corrected chi connectivity index (χ2v) is 11.4. The molecule has 0 bridgehead atoms. The highest BCUT2D eigenvalue weighted by molar-refractivity contribution is 7.93. The van der Waals surface area contributed by atoms with Crippen molar-refractivity contribution in [1.29, 1.82) is 0 Å². The van der Waals surface area contributed by atoms with Gasteiger partial charge in [0.2, 0.25) is 5.91 Å². The summed E-state index contributed by atoms with van der Waals surface area (Å²) in [6.45, 7) is 1.90. The Hall–Kier alpha value is -2.74. The number of rotatable bonds is 5. The smallest absolute Gasteiger partial charge is 0.367 e. The predicted molar refractivity (Wildman–Crippen MR) is 120 cm³/mol. The van der Waals surface area contributed by atoms with E-state index in [9.17, 15) is 49.6 Å². The van der Waals surface area contributed by atoms with E-state index in [4.69, 9.17) is 0 Å². The number of halogens is 6. The van der Waals surface area contributed by atoms with Crippen molar-refractivity contribution in [2.75, 3.05) is 6.54 Å². The molecule has 204 valence electrons. The Morgan fingerprint density at radius 3 is 2.27 bits per heavy atom. The fourth-order valence-corrected chi connectivity index (χ4v) is 6.16. The van der Waals surface area contributed by atoms with E-state index < -0.39 is 56.2 Å². The van der Waals surface area contributed by atoms with Gasteiger partial charge in [0.1, 0.15) is 6.04 Å². The van der Waals surface area contributed by atoms with E-state index in [2.05, 4.69) is 5.18 Å². The van der Waals surface area contributed by atoms with Gasteiger partial charge in [-0.05, 0) is 37.3 Å². The van der Waals surface area contributed by atoms with Gasteiger partial charge in [-0.15, -0.1) is 0 Å². The Bertz CT molecular complexity index is 1230. The van der Waals surface area contributed by atoms with Crippen molar-refractivity contribution in [3.05, 3.63) is 64.2 Å². The van der Waals surface area contributed by atoms with Crippen molar-refractivity contribution >= 4 is 15.7 Å². The average molecular weight is 555 g/mol. The van der Waals surface area contributed by atoms with E-state index in [1.165, 1.54) is 0 Å².